The maximum atomic E-state index is 14.6. The van der Waals surface area contributed by atoms with Gasteiger partial charge in [0.2, 0.25) is 6.79 Å². The number of aryl methyl sites for hydroxylation is 1. The minimum atomic E-state index is -0.451. The van der Waals surface area contributed by atoms with Crippen LogP contribution in [0.15, 0.2) is 60.9 Å². The largest absolute Gasteiger partial charge is 0.493 e. The van der Waals surface area contributed by atoms with Gasteiger partial charge in [-0.05, 0) is 78.6 Å². The Morgan fingerprint density at radius 3 is 2.71 bits per heavy atom. The summed E-state index contributed by atoms with van der Waals surface area (Å²) in [5.74, 6) is 2.09. The Hall–Kier alpha value is -3.41. The Balaban J connectivity index is 1.27. The third-order valence-corrected chi connectivity index (χ3v) is 6.83. The van der Waals surface area contributed by atoms with Crippen molar-refractivity contribution in [3.8, 4) is 17.2 Å². The van der Waals surface area contributed by atoms with Crippen molar-refractivity contribution in [2.45, 2.75) is 44.4 Å². The van der Waals surface area contributed by atoms with Crippen LogP contribution in [0.5, 0.6) is 17.2 Å². The molecule has 0 saturated heterocycles. The van der Waals surface area contributed by atoms with Crippen LogP contribution >= 0.6 is 0 Å². The second kappa shape index (κ2) is 10.2. The number of halogens is 1. The highest BCUT2D eigenvalue weighted by Crippen LogP contribution is 2.40. The van der Waals surface area contributed by atoms with Crippen LogP contribution in [-0.2, 0) is 6.42 Å². The summed E-state index contributed by atoms with van der Waals surface area (Å²) < 4.78 is 31.6. The molecule has 1 aliphatic carbocycles. The van der Waals surface area contributed by atoms with E-state index in [9.17, 15) is 9.18 Å². The molecule has 0 amide bonds. The van der Waals surface area contributed by atoms with Crippen molar-refractivity contribution in [1.29, 1.82) is 0 Å². The maximum Gasteiger partial charge on any atom is 0.231 e. The molecule has 2 aromatic carbocycles. The number of fused-ring (bicyclic) bond motifs is 1. The fraction of sp³-hybridized carbons (Fsp3) is 0.357. The maximum absolute atomic E-state index is 14.6. The summed E-state index contributed by atoms with van der Waals surface area (Å²) in [6.07, 6.45) is 8.56. The summed E-state index contributed by atoms with van der Waals surface area (Å²) in [4.78, 5) is 16.9. The molecule has 0 N–H and O–H groups in total. The predicted molar refractivity (Wildman–Crippen MR) is 126 cm³/mol. The van der Waals surface area contributed by atoms with E-state index in [1.165, 1.54) is 6.07 Å². The van der Waals surface area contributed by atoms with Crippen LogP contribution in [0.1, 0.15) is 59.5 Å². The number of aromatic nitrogens is 1. The van der Waals surface area contributed by atoms with E-state index in [1.807, 2.05) is 36.4 Å². The van der Waals surface area contributed by atoms with Gasteiger partial charge in [0.1, 0.15) is 11.6 Å². The van der Waals surface area contributed by atoms with E-state index in [1.54, 1.807) is 18.5 Å². The summed E-state index contributed by atoms with van der Waals surface area (Å²) in [6, 6.07) is 14.4. The SMILES string of the molecule is O=C(CCc1ccncc1)c1cc([C@@H]2CCCC[C@H]2COc2ccc3c(c2)OCO3)ccc1F. The van der Waals surface area contributed by atoms with Crippen LogP contribution in [0.2, 0.25) is 0 Å². The molecule has 1 fully saturated rings. The lowest BCUT2D eigenvalue weighted by atomic mass is 9.75. The summed E-state index contributed by atoms with van der Waals surface area (Å²) in [6.45, 7) is 0.796. The summed E-state index contributed by atoms with van der Waals surface area (Å²) in [5.41, 5.74) is 2.23. The lowest BCUT2D eigenvalue weighted by Gasteiger charge is -2.32. The third kappa shape index (κ3) is 5.06. The second-order valence-electron chi connectivity index (χ2n) is 9.00. The number of rotatable bonds is 8. The van der Waals surface area contributed by atoms with Crippen LogP contribution in [0.4, 0.5) is 4.39 Å². The fourth-order valence-electron chi connectivity index (χ4n) is 4.95. The number of ketones is 1. The van der Waals surface area contributed by atoms with E-state index in [0.29, 0.717) is 24.7 Å². The number of Topliss-reactive ketones (excluding diaryl/α,β-unsaturated/α-hetero) is 1. The van der Waals surface area contributed by atoms with Crippen molar-refractivity contribution in [3.05, 3.63) is 83.4 Å². The molecule has 6 heteroatoms. The standard InChI is InChI=1S/C28H28FNO4/c29-25-8-6-20(15-24(25)26(31)9-5-19-11-13-30-14-12-19)23-4-2-1-3-21(23)17-32-22-7-10-27-28(16-22)34-18-33-27/h6-8,10-16,21,23H,1-5,9,17-18H2/t21-,23-/m0/s1. The number of nitrogens with zero attached hydrogens (tertiary/aromatic N) is 1. The van der Waals surface area contributed by atoms with E-state index < -0.39 is 5.82 Å². The Bertz CT molecular complexity index is 1150. The summed E-state index contributed by atoms with van der Waals surface area (Å²) >= 11 is 0. The number of ether oxygens (including phenoxy) is 3. The molecule has 5 nitrogen and oxygen atoms in total. The first-order chi connectivity index (χ1) is 16.7. The van der Waals surface area contributed by atoms with Crippen molar-refractivity contribution in [1.82, 2.24) is 4.98 Å². The van der Waals surface area contributed by atoms with E-state index >= 15 is 0 Å². The minimum absolute atomic E-state index is 0.167. The average molecular weight is 462 g/mol. The Labute approximate surface area is 198 Å². The molecule has 0 unspecified atom stereocenters. The van der Waals surface area contributed by atoms with Crippen molar-refractivity contribution in [2.24, 2.45) is 5.92 Å². The first-order valence-corrected chi connectivity index (χ1v) is 11.9. The molecule has 5 rings (SSSR count). The summed E-state index contributed by atoms with van der Waals surface area (Å²) in [5, 5.41) is 0. The molecule has 34 heavy (non-hydrogen) atoms. The van der Waals surface area contributed by atoms with Crippen molar-refractivity contribution < 1.29 is 23.4 Å². The van der Waals surface area contributed by atoms with Crippen LogP contribution in [0, 0.1) is 11.7 Å². The highest BCUT2D eigenvalue weighted by Gasteiger charge is 2.28. The molecule has 2 heterocycles. The number of carbonyl (C=O) groups excluding carboxylic acids is 1. The van der Waals surface area contributed by atoms with Gasteiger partial charge in [-0.3, -0.25) is 9.78 Å². The highest BCUT2D eigenvalue weighted by molar-refractivity contribution is 5.96. The number of benzene rings is 2. The summed E-state index contributed by atoms with van der Waals surface area (Å²) in [7, 11) is 0. The molecule has 1 aromatic heterocycles. The van der Waals surface area contributed by atoms with Gasteiger partial charge in [0.25, 0.3) is 0 Å². The average Bonchev–Trinajstić information content (AvgIpc) is 3.35. The third-order valence-electron chi connectivity index (χ3n) is 6.83. The van der Waals surface area contributed by atoms with Gasteiger partial charge >= 0.3 is 0 Å². The molecule has 1 saturated carbocycles. The number of hydrogen-bond acceptors (Lipinski definition) is 5. The van der Waals surface area contributed by atoms with Crippen LogP contribution in [-0.4, -0.2) is 24.2 Å². The Morgan fingerprint density at radius 2 is 1.82 bits per heavy atom. The van der Waals surface area contributed by atoms with Crippen LogP contribution in [0.25, 0.3) is 0 Å². The lowest BCUT2D eigenvalue weighted by Crippen LogP contribution is -2.24. The van der Waals surface area contributed by atoms with Crippen LogP contribution < -0.4 is 14.2 Å². The highest BCUT2D eigenvalue weighted by atomic mass is 19.1. The van der Waals surface area contributed by atoms with Gasteiger partial charge in [-0.1, -0.05) is 18.9 Å². The molecular weight excluding hydrogens is 433 g/mol. The van der Waals surface area contributed by atoms with E-state index in [0.717, 1.165) is 48.3 Å². The quantitative estimate of drug-likeness (QED) is 0.379. The fourth-order valence-corrected chi connectivity index (χ4v) is 4.95. The molecular formula is C28H28FNO4. The van der Waals surface area contributed by atoms with Crippen LogP contribution in [0.3, 0.4) is 0 Å². The van der Waals surface area contributed by atoms with Gasteiger partial charge in [-0.2, -0.15) is 0 Å². The molecule has 176 valence electrons. The van der Waals surface area contributed by atoms with Gasteiger partial charge in [0.05, 0.1) is 12.2 Å². The zero-order valence-corrected chi connectivity index (χ0v) is 19.0. The first kappa shape index (κ1) is 22.4. The van der Waals surface area contributed by atoms with E-state index in [2.05, 4.69) is 4.98 Å². The first-order valence-electron chi connectivity index (χ1n) is 11.9. The van der Waals surface area contributed by atoms with Crippen molar-refractivity contribution >= 4 is 5.78 Å². The zero-order chi connectivity index (χ0) is 23.3. The second-order valence-corrected chi connectivity index (χ2v) is 9.00. The van der Waals surface area contributed by atoms with Crippen molar-refractivity contribution in [3.63, 3.8) is 0 Å². The Morgan fingerprint density at radius 1 is 1.00 bits per heavy atom. The molecule has 0 bridgehead atoms. The molecule has 2 atom stereocenters. The normalized spacial score (nSPS) is 19.1. The van der Waals surface area contributed by atoms with Gasteiger partial charge in [0, 0.05) is 24.9 Å². The topological polar surface area (TPSA) is 57.7 Å². The monoisotopic (exact) mass is 461 g/mol. The van der Waals surface area contributed by atoms with Gasteiger partial charge in [-0.15, -0.1) is 0 Å². The smallest absolute Gasteiger partial charge is 0.231 e. The van der Waals surface area contributed by atoms with Gasteiger partial charge < -0.3 is 14.2 Å². The molecule has 2 aliphatic rings. The minimum Gasteiger partial charge on any atom is -0.493 e. The number of carbonyl (C=O) groups is 1. The number of pyridine rings is 1. The molecule has 0 radical (unpaired) electrons. The molecule has 0 spiro atoms. The van der Waals surface area contributed by atoms with Crippen molar-refractivity contribution in [2.75, 3.05) is 13.4 Å². The zero-order valence-electron chi connectivity index (χ0n) is 19.0. The predicted octanol–water partition coefficient (Wildman–Crippen LogP) is 6.12. The molecule has 1 aliphatic heterocycles. The van der Waals surface area contributed by atoms with Gasteiger partial charge in [-0.25, -0.2) is 4.39 Å². The Kier molecular flexibility index (Phi) is 6.74. The van der Waals surface area contributed by atoms with E-state index in [4.69, 9.17) is 14.2 Å². The van der Waals surface area contributed by atoms with Gasteiger partial charge in [0.15, 0.2) is 17.3 Å². The molecule has 3 aromatic rings. The van der Waals surface area contributed by atoms with E-state index in [-0.39, 0.29) is 30.5 Å². The lowest BCUT2D eigenvalue weighted by molar-refractivity contribution is 0.0978. The number of hydrogen-bond donors (Lipinski definition) is 0.